The van der Waals surface area contributed by atoms with Gasteiger partial charge in [0, 0.05) is 5.69 Å². The number of rotatable bonds is 2. The highest BCUT2D eigenvalue weighted by molar-refractivity contribution is 5.85. The first-order chi connectivity index (χ1) is 8.81. The van der Waals surface area contributed by atoms with Crippen LogP contribution in [-0.2, 0) is 10.3 Å². The van der Waals surface area contributed by atoms with E-state index < -0.39 is 5.60 Å². The first kappa shape index (κ1) is 16.6. The molecule has 0 heterocycles. The molecule has 0 unspecified atom stereocenters. The Hall–Kier alpha value is -1.42. The van der Waals surface area contributed by atoms with Crippen molar-refractivity contribution in [3.8, 4) is 0 Å². The van der Waals surface area contributed by atoms with Crippen LogP contribution in [0.15, 0.2) is 24.3 Å². The molecule has 0 saturated heterocycles. The first-order valence-electron chi connectivity index (χ1n) is 6.68. The maximum Gasteiger partial charge on any atom is 0.408 e. The molecular formula is C15H23ClN2O2. The van der Waals surface area contributed by atoms with Gasteiger partial charge in [-0.05, 0) is 57.7 Å². The standard InChI is InChI=1S/C15H22N2O2.ClH/c1-14(2,3)19-13(18)17-15(8-5-9-15)11-6-4-7-12(16)10-11;/h4,6-7,10H,5,8-9,16H2,1-3H3,(H,17,18);1H. The summed E-state index contributed by atoms with van der Waals surface area (Å²) in [4.78, 5) is 12.0. The van der Waals surface area contributed by atoms with E-state index in [1.807, 2.05) is 45.0 Å². The van der Waals surface area contributed by atoms with E-state index >= 15 is 0 Å². The van der Waals surface area contributed by atoms with Gasteiger partial charge < -0.3 is 15.8 Å². The molecule has 3 N–H and O–H groups in total. The average molecular weight is 299 g/mol. The molecule has 1 saturated carbocycles. The number of anilines is 1. The Labute approximate surface area is 126 Å². The number of hydrogen-bond acceptors (Lipinski definition) is 3. The predicted octanol–water partition coefficient (Wildman–Crippen LogP) is 3.59. The predicted molar refractivity (Wildman–Crippen MR) is 83.0 cm³/mol. The monoisotopic (exact) mass is 298 g/mol. The lowest BCUT2D eigenvalue weighted by Crippen LogP contribution is -2.52. The van der Waals surface area contributed by atoms with E-state index in [2.05, 4.69) is 5.32 Å². The number of nitrogens with two attached hydrogens (primary N) is 1. The molecule has 2 rings (SSSR count). The summed E-state index contributed by atoms with van der Waals surface area (Å²) in [5.41, 5.74) is 6.81. The quantitative estimate of drug-likeness (QED) is 0.820. The molecule has 1 aliphatic carbocycles. The maximum atomic E-state index is 12.0. The van der Waals surface area contributed by atoms with Gasteiger partial charge in [0.15, 0.2) is 0 Å². The molecule has 0 radical (unpaired) electrons. The van der Waals surface area contributed by atoms with Crippen LogP contribution in [0.25, 0.3) is 0 Å². The zero-order valence-electron chi connectivity index (χ0n) is 12.2. The third kappa shape index (κ3) is 3.79. The zero-order chi connectivity index (χ0) is 14.1. The summed E-state index contributed by atoms with van der Waals surface area (Å²) in [6, 6.07) is 7.70. The van der Waals surface area contributed by atoms with Gasteiger partial charge in [-0.25, -0.2) is 4.79 Å². The number of halogens is 1. The van der Waals surface area contributed by atoms with Crippen LogP contribution in [0, 0.1) is 0 Å². The number of amides is 1. The summed E-state index contributed by atoms with van der Waals surface area (Å²) in [6.45, 7) is 5.58. The number of alkyl carbamates (subject to hydrolysis) is 1. The van der Waals surface area contributed by atoms with Gasteiger partial charge in [-0.2, -0.15) is 0 Å². The fraction of sp³-hybridized carbons (Fsp3) is 0.533. The van der Waals surface area contributed by atoms with Crippen molar-refractivity contribution in [2.75, 3.05) is 5.73 Å². The highest BCUT2D eigenvalue weighted by Gasteiger charge is 2.41. The van der Waals surface area contributed by atoms with Gasteiger partial charge in [0.2, 0.25) is 0 Å². The number of benzene rings is 1. The minimum Gasteiger partial charge on any atom is -0.444 e. The molecule has 112 valence electrons. The highest BCUT2D eigenvalue weighted by atomic mass is 35.5. The van der Waals surface area contributed by atoms with E-state index in [1.165, 1.54) is 0 Å². The first-order valence-corrected chi connectivity index (χ1v) is 6.68. The summed E-state index contributed by atoms with van der Waals surface area (Å²) < 4.78 is 5.34. The van der Waals surface area contributed by atoms with E-state index in [4.69, 9.17) is 10.5 Å². The highest BCUT2D eigenvalue weighted by Crippen LogP contribution is 2.41. The Morgan fingerprint density at radius 2 is 2.00 bits per heavy atom. The van der Waals surface area contributed by atoms with Crippen LogP contribution in [-0.4, -0.2) is 11.7 Å². The zero-order valence-corrected chi connectivity index (χ0v) is 13.0. The van der Waals surface area contributed by atoms with E-state index in [9.17, 15) is 4.79 Å². The molecular weight excluding hydrogens is 276 g/mol. The summed E-state index contributed by atoms with van der Waals surface area (Å²) >= 11 is 0. The average Bonchev–Trinajstić information content (AvgIpc) is 2.21. The van der Waals surface area contributed by atoms with Crippen molar-refractivity contribution >= 4 is 24.2 Å². The van der Waals surface area contributed by atoms with Crippen molar-refractivity contribution in [3.63, 3.8) is 0 Å². The van der Waals surface area contributed by atoms with Gasteiger partial charge in [0.1, 0.15) is 5.60 Å². The van der Waals surface area contributed by atoms with Crippen LogP contribution in [0.5, 0.6) is 0 Å². The second-order valence-corrected chi connectivity index (χ2v) is 6.19. The molecule has 0 aliphatic heterocycles. The second-order valence-electron chi connectivity index (χ2n) is 6.19. The SMILES string of the molecule is CC(C)(C)OC(=O)NC1(c2cccc(N)c2)CCC1.Cl. The molecule has 5 heteroatoms. The lowest BCUT2D eigenvalue weighted by Gasteiger charge is -2.43. The van der Waals surface area contributed by atoms with E-state index in [-0.39, 0.29) is 24.0 Å². The fourth-order valence-electron chi connectivity index (χ4n) is 2.35. The van der Waals surface area contributed by atoms with Crippen LogP contribution in [0.1, 0.15) is 45.6 Å². The van der Waals surface area contributed by atoms with Crippen molar-refractivity contribution in [2.24, 2.45) is 0 Å². The van der Waals surface area contributed by atoms with Crippen LogP contribution >= 0.6 is 12.4 Å². The molecule has 0 atom stereocenters. The smallest absolute Gasteiger partial charge is 0.408 e. The van der Waals surface area contributed by atoms with Gasteiger partial charge in [-0.15, -0.1) is 12.4 Å². The minimum atomic E-state index is -0.481. The topological polar surface area (TPSA) is 64.3 Å². The van der Waals surface area contributed by atoms with Crippen molar-refractivity contribution < 1.29 is 9.53 Å². The van der Waals surface area contributed by atoms with Gasteiger partial charge in [0.25, 0.3) is 0 Å². The van der Waals surface area contributed by atoms with Crippen molar-refractivity contribution in [2.45, 2.75) is 51.2 Å². The van der Waals surface area contributed by atoms with Crippen molar-refractivity contribution in [1.29, 1.82) is 0 Å². The normalized spacial score (nSPS) is 16.6. The number of nitrogens with one attached hydrogen (secondary N) is 1. The summed E-state index contributed by atoms with van der Waals surface area (Å²) in [6.07, 6.45) is 2.59. The lowest BCUT2D eigenvalue weighted by atomic mass is 9.72. The van der Waals surface area contributed by atoms with Gasteiger partial charge in [-0.1, -0.05) is 12.1 Å². The van der Waals surface area contributed by atoms with Crippen LogP contribution in [0.2, 0.25) is 0 Å². The fourth-order valence-corrected chi connectivity index (χ4v) is 2.35. The number of carbonyl (C=O) groups excluding carboxylic acids is 1. The summed E-state index contributed by atoms with van der Waals surface area (Å²) in [5, 5.41) is 3.01. The summed E-state index contributed by atoms with van der Waals surface area (Å²) in [5.74, 6) is 0. The van der Waals surface area contributed by atoms with Crippen LogP contribution in [0.3, 0.4) is 0 Å². The molecule has 0 bridgehead atoms. The largest absolute Gasteiger partial charge is 0.444 e. The molecule has 1 aliphatic rings. The van der Waals surface area contributed by atoms with Gasteiger partial charge >= 0.3 is 6.09 Å². The molecule has 4 nitrogen and oxygen atoms in total. The van der Waals surface area contributed by atoms with Crippen molar-refractivity contribution in [3.05, 3.63) is 29.8 Å². The van der Waals surface area contributed by atoms with Gasteiger partial charge in [-0.3, -0.25) is 0 Å². The maximum absolute atomic E-state index is 12.0. The molecule has 20 heavy (non-hydrogen) atoms. The Morgan fingerprint density at radius 1 is 1.35 bits per heavy atom. The number of hydrogen-bond donors (Lipinski definition) is 2. The Balaban J connectivity index is 0.00000200. The van der Waals surface area contributed by atoms with Crippen molar-refractivity contribution in [1.82, 2.24) is 5.32 Å². The van der Waals surface area contributed by atoms with E-state index in [0.717, 1.165) is 30.5 Å². The van der Waals surface area contributed by atoms with Gasteiger partial charge in [0.05, 0.1) is 5.54 Å². The minimum absolute atomic E-state index is 0. The molecule has 0 aromatic heterocycles. The lowest BCUT2D eigenvalue weighted by molar-refractivity contribution is 0.0377. The van der Waals surface area contributed by atoms with Crippen LogP contribution in [0.4, 0.5) is 10.5 Å². The number of carbonyl (C=O) groups is 1. The molecule has 1 fully saturated rings. The summed E-state index contributed by atoms with van der Waals surface area (Å²) in [7, 11) is 0. The molecule has 0 spiro atoms. The Morgan fingerprint density at radius 3 is 2.45 bits per heavy atom. The van der Waals surface area contributed by atoms with E-state index in [1.54, 1.807) is 0 Å². The third-order valence-electron chi connectivity index (χ3n) is 3.39. The molecule has 1 amide bonds. The second kappa shape index (κ2) is 5.92. The molecule has 1 aromatic carbocycles. The number of ether oxygens (including phenoxy) is 1. The Kier molecular flexibility index (Phi) is 4.92. The third-order valence-corrected chi connectivity index (χ3v) is 3.39. The van der Waals surface area contributed by atoms with E-state index in [0.29, 0.717) is 0 Å². The Bertz CT molecular complexity index is 479. The number of nitrogen functional groups attached to an aromatic ring is 1. The molecule has 1 aromatic rings. The van der Waals surface area contributed by atoms with Crippen LogP contribution < -0.4 is 11.1 Å².